The average molecular weight is 473 g/mol. The molecule has 1 unspecified atom stereocenters. The van der Waals surface area contributed by atoms with Crippen molar-refractivity contribution in [2.45, 2.75) is 33.2 Å². The molecule has 33 heavy (non-hydrogen) atoms. The highest BCUT2D eigenvalue weighted by Crippen LogP contribution is 2.48. The molecule has 2 aromatic rings. The third kappa shape index (κ3) is 7.08. The predicted molar refractivity (Wildman–Crippen MR) is 135 cm³/mol. The summed E-state index contributed by atoms with van der Waals surface area (Å²) in [6.07, 6.45) is 5.23. The summed E-state index contributed by atoms with van der Waals surface area (Å²) in [6, 6.07) is 5.04. The van der Waals surface area contributed by atoms with Crippen molar-refractivity contribution in [2.75, 3.05) is 32.0 Å². The molecular formula is C24H32N4O4S. The van der Waals surface area contributed by atoms with E-state index in [9.17, 15) is 4.79 Å². The van der Waals surface area contributed by atoms with Gasteiger partial charge in [0.1, 0.15) is 0 Å². The normalized spacial score (nSPS) is 11.7. The molecule has 1 aromatic heterocycles. The number of benzene rings is 1. The van der Waals surface area contributed by atoms with Crippen LogP contribution in [0.15, 0.2) is 43.2 Å². The second-order valence-electron chi connectivity index (χ2n) is 8.46. The van der Waals surface area contributed by atoms with Gasteiger partial charge < -0.3 is 30.2 Å². The largest absolute Gasteiger partial charge is 0.493 e. The average Bonchev–Trinajstić information content (AvgIpc) is 2.77. The first-order valence-corrected chi connectivity index (χ1v) is 10.8. The van der Waals surface area contributed by atoms with Crippen LogP contribution in [-0.2, 0) is 4.79 Å². The number of carbonyl (C=O) groups is 1. The zero-order valence-electron chi connectivity index (χ0n) is 19.9. The molecule has 0 bridgehead atoms. The molecule has 0 saturated heterocycles. The number of carbonyl (C=O) groups excluding carboxylic acids is 1. The van der Waals surface area contributed by atoms with E-state index in [1.54, 1.807) is 25.6 Å². The Morgan fingerprint density at radius 3 is 2.39 bits per heavy atom. The Morgan fingerprint density at radius 2 is 1.88 bits per heavy atom. The number of rotatable bonds is 9. The fraction of sp³-hybridized carbons (Fsp3) is 0.375. The number of nitrogens with zero attached hydrogens (tertiary/aromatic N) is 1. The molecule has 8 nitrogen and oxygen atoms in total. The summed E-state index contributed by atoms with van der Waals surface area (Å²) in [5.41, 5.74) is 1.83. The van der Waals surface area contributed by atoms with Crippen molar-refractivity contribution in [3.63, 3.8) is 0 Å². The number of anilines is 2. The lowest BCUT2D eigenvalue weighted by molar-refractivity contribution is -0.111. The number of nitrogens with one attached hydrogen (secondary N) is 3. The van der Waals surface area contributed by atoms with Gasteiger partial charge in [0.25, 0.3) is 0 Å². The van der Waals surface area contributed by atoms with E-state index in [2.05, 4.69) is 48.3 Å². The van der Waals surface area contributed by atoms with Crippen LogP contribution in [0, 0.1) is 5.41 Å². The number of ether oxygens (including phenoxy) is 3. The highest BCUT2D eigenvalue weighted by atomic mass is 32.1. The van der Waals surface area contributed by atoms with Crippen molar-refractivity contribution in [2.24, 2.45) is 5.41 Å². The molecule has 0 spiro atoms. The summed E-state index contributed by atoms with van der Waals surface area (Å²) in [7, 11) is 4.60. The summed E-state index contributed by atoms with van der Waals surface area (Å²) in [5.74, 6) is 0.903. The minimum absolute atomic E-state index is 0.0977. The first-order chi connectivity index (χ1) is 15.6. The predicted octanol–water partition coefficient (Wildman–Crippen LogP) is 4.70. The van der Waals surface area contributed by atoms with Crippen molar-refractivity contribution in [3.05, 3.63) is 48.8 Å². The molecule has 1 aromatic carbocycles. The zero-order valence-corrected chi connectivity index (χ0v) is 20.8. The van der Waals surface area contributed by atoms with Gasteiger partial charge in [-0.25, -0.2) is 0 Å². The third-order valence-electron chi connectivity index (χ3n) is 4.70. The maximum atomic E-state index is 12.3. The van der Waals surface area contributed by atoms with Crippen LogP contribution in [0.2, 0.25) is 0 Å². The second kappa shape index (κ2) is 11.5. The second-order valence-corrected chi connectivity index (χ2v) is 8.87. The minimum atomic E-state index is -0.365. The van der Waals surface area contributed by atoms with Crippen LogP contribution in [-0.4, -0.2) is 37.3 Å². The summed E-state index contributed by atoms with van der Waals surface area (Å²) in [6.45, 7) is 9.91. The maximum Gasteiger partial charge on any atom is 0.247 e. The summed E-state index contributed by atoms with van der Waals surface area (Å²) in [4.78, 5) is 16.4. The molecule has 1 atom stereocenters. The number of hydrogen-bond acceptors (Lipinski definition) is 6. The highest BCUT2D eigenvalue weighted by Gasteiger charge is 2.30. The Kier molecular flexibility index (Phi) is 9.04. The number of hydrogen-bond donors (Lipinski definition) is 3. The van der Waals surface area contributed by atoms with Crippen molar-refractivity contribution in [1.82, 2.24) is 10.3 Å². The summed E-state index contributed by atoms with van der Waals surface area (Å²) in [5, 5.41) is 9.78. The van der Waals surface area contributed by atoms with E-state index in [0.29, 0.717) is 40.0 Å². The molecule has 2 rings (SSSR count). The molecular weight excluding hydrogens is 440 g/mol. The summed E-state index contributed by atoms with van der Waals surface area (Å²) >= 11 is 5.59. The van der Waals surface area contributed by atoms with E-state index >= 15 is 0 Å². The van der Waals surface area contributed by atoms with Crippen molar-refractivity contribution < 1.29 is 19.0 Å². The number of pyridine rings is 1. The number of amides is 1. The molecule has 1 amide bonds. The molecule has 0 radical (unpaired) electrons. The Morgan fingerprint density at radius 1 is 1.18 bits per heavy atom. The van der Waals surface area contributed by atoms with E-state index in [-0.39, 0.29) is 17.4 Å². The fourth-order valence-corrected chi connectivity index (χ4v) is 3.67. The molecule has 1 heterocycles. The first-order valence-electron chi connectivity index (χ1n) is 10.4. The van der Waals surface area contributed by atoms with Crippen LogP contribution >= 0.6 is 12.2 Å². The molecule has 0 aliphatic carbocycles. The molecule has 0 aliphatic rings. The van der Waals surface area contributed by atoms with E-state index < -0.39 is 0 Å². The number of thiocarbonyl (C=S) groups is 1. The monoisotopic (exact) mass is 472 g/mol. The van der Waals surface area contributed by atoms with E-state index in [1.807, 2.05) is 12.1 Å². The summed E-state index contributed by atoms with van der Waals surface area (Å²) < 4.78 is 16.8. The van der Waals surface area contributed by atoms with Crippen LogP contribution in [0.3, 0.4) is 0 Å². The van der Waals surface area contributed by atoms with Crippen LogP contribution < -0.4 is 30.2 Å². The van der Waals surface area contributed by atoms with Crippen molar-refractivity contribution >= 4 is 34.6 Å². The molecule has 0 saturated carbocycles. The van der Waals surface area contributed by atoms with Gasteiger partial charge in [0.15, 0.2) is 16.6 Å². The van der Waals surface area contributed by atoms with Gasteiger partial charge in [-0.05, 0) is 42.3 Å². The number of methoxy groups -OCH3 is 3. The Balaban J connectivity index is 2.62. The lowest BCUT2D eigenvalue weighted by atomic mass is 9.84. The minimum Gasteiger partial charge on any atom is -0.493 e. The zero-order chi connectivity index (χ0) is 24.6. The van der Waals surface area contributed by atoms with Gasteiger partial charge in [0.05, 0.1) is 44.9 Å². The van der Waals surface area contributed by atoms with Crippen LogP contribution in [0.4, 0.5) is 11.4 Å². The van der Waals surface area contributed by atoms with Crippen molar-refractivity contribution in [3.8, 4) is 17.2 Å². The van der Waals surface area contributed by atoms with E-state index in [4.69, 9.17) is 26.4 Å². The van der Waals surface area contributed by atoms with Crippen LogP contribution in [0.1, 0.15) is 38.8 Å². The maximum absolute atomic E-state index is 12.3. The fourth-order valence-electron chi connectivity index (χ4n) is 3.41. The Bertz CT molecular complexity index is 990. The third-order valence-corrected chi connectivity index (χ3v) is 4.92. The molecule has 178 valence electrons. The van der Waals surface area contributed by atoms with E-state index in [1.165, 1.54) is 20.3 Å². The smallest absolute Gasteiger partial charge is 0.247 e. The van der Waals surface area contributed by atoms with Gasteiger partial charge in [-0.1, -0.05) is 27.4 Å². The standard InChI is InChI=1S/C24H32N4O4S/c1-8-19(29)27-16-12-18(30-5)21(31-6)22(32-7)20(16)17(13-24(2,3)4)28-23(33)26-15-10-9-11-25-14-15/h8-12,14,17H,1,13H2,2-7H3,(H,27,29)(H2,26,28,33). The SMILES string of the molecule is C=CC(=O)Nc1cc(OC)c(OC)c(OC)c1C(CC(C)(C)C)NC(=S)Nc1cccnc1. The van der Waals surface area contributed by atoms with Gasteiger partial charge >= 0.3 is 0 Å². The number of aromatic nitrogens is 1. The Labute approximate surface area is 200 Å². The lowest BCUT2D eigenvalue weighted by Gasteiger charge is -2.31. The van der Waals surface area contributed by atoms with E-state index in [0.717, 1.165) is 5.69 Å². The van der Waals surface area contributed by atoms with Gasteiger partial charge in [0, 0.05) is 17.8 Å². The first kappa shape index (κ1) is 25.9. The van der Waals surface area contributed by atoms with Crippen molar-refractivity contribution in [1.29, 1.82) is 0 Å². The van der Waals surface area contributed by atoms with Crippen LogP contribution in [0.5, 0.6) is 17.2 Å². The van der Waals surface area contributed by atoms with Gasteiger partial charge in [-0.3, -0.25) is 9.78 Å². The molecule has 0 aliphatic heterocycles. The topological polar surface area (TPSA) is 93.7 Å². The molecule has 3 N–H and O–H groups in total. The van der Waals surface area contributed by atoms with Gasteiger partial charge in [-0.2, -0.15) is 0 Å². The molecule has 0 fully saturated rings. The highest BCUT2D eigenvalue weighted by molar-refractivity contribution is 7.80. The van der Waals surface area contributed by atoms with Gasteiger partial charge in [0.2, 0.25) is 11.7 Å². The van der Waals surface area contributed by atoms with Gasteiger partial charge in [-0.15, -0.1) is 0 Å². The lowest BCUT2D eigenvalue weighted by Crippen LogP contribution is -2.35. The van der Waals surface area contributed by atoms with Crippen LogP contribution in [0.25, 0.3) is 0 Å². The molecule has 9 heteroatoms. The quantitative estimate of drug-likeness (QED) is 0.357. The Hall–Kier alpha value is -3.33.